The van der Waals surface area contributed by atoms with Crippen LogP contribution in [0.2, 0.25) is 0 Å². The van der Waals surface area contributed by atoms with Gasteiger partial charge < -0.3 is 15.4 Å². The summed E-state index contributed by atoms with van der Waals surface area (Å²) in [5.41, 5.74) is 0.925. The van der Waals surface area contributed by atoms with Crippen LogP contribution in [0.5, 0.6) is 0 Å². The zero-order valence-electron chi connectivity index (χ0n) is 14.0. The van der Waals surface area contributed by atoms with Gasteiger partial charge in [0.1, 0.15) is 5.82 Å². The quantitative estimate of drug-likeness (QED) is 0.664. The molecule has 0 amide bonds. The third kappa shape index (κ3) is 3.09. The minimum absolute atomic E-state index is 0.0231. The average molecular weight is 307 g/mol. The third-order valence-electron chi connectivity index (χ3n) is 5.19. The van der Waals surface area contributed by atoms with Crippen LogP contribution in [0.4, 0.5) is 4.39 Å². The van der Waals surface area contributed by atoms with Crippen LogP contribution in [0.25, 0.3) is 0 Å². The van der Waals surface area contributed by atoms with Crippen LogP contribution >= 0.6 is 0 Å². The summed E-state index contributed by atoms with van der Waals surface area (Å²) in [6.45, 7) is 7.14. The Balaban J connectivity index is 1.90. The molecule has 2 atom stereocenters. The van der Waals surface area contributed by atoms with E-state index in [1.165, 1.54) is 12.1 Å². The first kappa shape index (κ1) is 16.7. The molecule has 1 aliphatic rings. The largest absolute Gasteiger partial charge is 0.378 e. The minimum Gasteiger partial charge on any atom is -0.378 e. The number of hydrogen-bond donors (Lipinski definition) is 2. The summed E-state index contributed by atoms with van der Waals surface area (Å²) >= 11 is 0. The van der Waals surface area contributed by atoms with E-state index in [4.69, 9.17) is 4.74 Å². The fourth-order valence-corrected chi connectivity index (χ4v) is 2.87. The standard InChI is InChI=1S/C17H26FN3O/c1-16(2)14(10-17(16,3)22-5)21-15(19-4)20-11-12-6-8-13(18)9-7-12/h6-9,14H,10-11H2,1-5H3,(H2,19,20,21). The van der Waals surface area contributed by atoms with Crippen molar-refractivity contribution in [3.63, 3.8) is 0 Å². The van der Waals surface area contributed by atoms with E-state index >= 15 is 0 Å². The lowest BCUT2D eigenvalue weighted by atomic mass is 9.56. The number of ether oxygens (including phenoxy) is 1. The summed E-state index contributed by atoms with van der Waals surface area (Å²) in [6, 6.07) is 6.77. The van der Waals surface area contributed by atoms with E-state index in [0.717, 1.165) is 17.9 Å². The Morgan fingerprint density at radius 2 is 1.95 bits per heavy atom. The highest BCUT2D eigenvalue weighted by atomic mass is 19.1. The maximum atomic E-state index is 12.9. The number of methoxy groups -OCH3 is 1. The fourth-order valence-electron chi connectivity index (χ4n) is 2.87. The monoisotopic (exact) mass is 307 g/mol. The van der Waals surface area contributed by atoms with Gasteiger partial charge in [-0.15, -0.1) is 0 Å². The average Bonchev–Trinajstić information content (AvgIpc) is 2.51. The second kappa shape index (κ2) is 6.24. The summed E-state index contributed by atoms with van der Waals surface area (Å²) < 4.78 is 18.5. The molecular formula is C17H26FN3O. The Morgan fingerprint density at radius 3 is 2.45 bits per heavy atom. The van der Waals surface area contributed by atoms with Crippen LogP contribution in [0.1, 0.15) is 32.8 Å². The molecule has 1 aliphatic carbocycles. The predicted octanol–water partition coefficient (Wildman–Crippen LogP) is 2.69. The zero-order chi connectivity index (χ0) is 16.4. The number of aliphatic imine (C=N–C) groups is 1. The van der Waals surface area contributed by atoms with E-state index in [9.17, 15) is 4.39 Å². The van der Waals surface area contributed by atoms with Crippen molar-refractivity contribution in [3.05, 3.63) is 35.6 Å². The Bertz CT molecular complexity index is 541. The Kier molecular flexibility index (Phi) is 4.75. The molecule has 0 aromatic heterocycles. The van der Waals surface area contributed by atoms with E-state index in [1.807, 2.05) is 0 Å². The first-order valence-electron chi connectivity index (χ1n) is 7.59. The highest BCUT2D eigenvalue weighted by Crippen LogP contribution is 2.51. The number of rotatable bonds is 4. The summed E-state index contributed by atoms with van der Waals surface area (Å²) in [5.74, 6) is 0.530. The van der Waals surface area contributed by atoms with Crippen molar-refractivity contribution in [3.8, 4) is 0 Å². The molecule has 1 aromatic carbocycles. The molecule has 1 aromatic rings. The summed E-state index contributed by atoms with van der Waals surface area (Å²) in [4.78, 5) is 4.26. The first-order chi connectivity index (χ1) is 10.3. The highest BCUT2D eigenvalue weighted by Gasteiger charge is 2.58. The number of benzene rings is 1. The molecule has 5 heteroatoms. The molecular weight excluding hydrogens is 281 g/mol. The zero-order valence-corrected chi connectivity index (χ0v) is 14.0. The van der Waals surface area contributed by atoms with Crippen LogP contribution in [0.15, 0.2) is 29.3 Å². The SMILES string of the molecule is CN=C(NCc1ccc(F)cc1)NC1CC(C)(OC)C1(C)C. The van der Waals surface area contributed by atoms with Crippen molar-refractivity contribution in [1.82, 2.24) is 10.6 Å². The lowest BCUT2D eigenvalue weighted by Crippen LogP contribution is -2.69. The summed E-state index contributed by atoms with van der Waals surface area (Å²) in [6.07, 6.45) is 0.938. The van der Waals surface area contributed by atoms with Gasteiger partial charge in [-0.25, -0.2) is 4.39 Å². The molecule has 2 rings (SSSR count). The fraction of sp³-hybridized carbons (Fsp3) is 0.588. The molecule has 0 saturated heterocycles. The van der Waals surface area contributed by atoms with E-state index in [-0.39, 0.29) is 16.8 Å². The third-order valence-corrected chi connectivity index (χ3v) is 5.19. The van der Waals surface area contributed by atoms with Gasteiger partial charge >= 0.3 is 0 Å². The Labute approximate surface area is 132 Å². The van der Waals surface area contributed by atoms with Crippen LogP contribution in [-0.2, 0) is 11.3 Å². The molecule has 0 radical (unpaired) electrons. The molecule has 1 saturated carbocycles. The maximum absolute atomic E-state index is 12.9. The molecule has 2 unspecified atom stereocenters. The maximum Gasteiger partial charge on any atom is 0.191 e. The van der Waals surface area contributed by atoms with Gasteiger partial charge in [0.15, 0.2) is 5.96 Å². The van der Waals surface area contributed by atoms with E-state index in [0.29, 0.717) is 12.6 Å². The van der Waals surface area contributed by atoms with E-state index in [2.05, 4.69) is 36.4 Å². The number of hydrogen-bond acceptors (Lipinski definition) is 2. The Morgan fingerprint density at radius 1 is 1.32 bits per heavy atom. The molecule has 122 valence electrons. The molecule has 2 N–H and O–H groups in total. The summed E-state index contributed by atoms with van der Waals surface area (Å²) in [5, 5.41) is 6.71. The van der Waals surface area contributed by atoms with Gasteiger partial charge in [-0.3, -0.25) is 4.99 Å². The van der Waals surface area contributed by atoms with E-state index in [1.54, 1.807) is 26.3 Å². The highest BCUT2D eigenvalue weighted by molar-refractivity contribution is 5.80. The van der Waals surface area contributed by atoms with Gasteiger partial charge in [-0.2, -0.15) is 0 Å². The van der Waals surface area contributed by atoms with Crippen LogP contribution in [0, 0.1) is 11.2 Å². The van der Waals surface area contributed by atoms with E-state index < -0.39 is 0 Å². The second-order valence-electron chi connectivity index (χ2n) is 6.61. The van der Waals surface area contributed by atoms with Crippen molar-refractivity contribution in [2.24, 2.45) is 10.4 Å². The second-order valence-corrected chi connectivity index (χ2v) is 6.61. The lowest BCUT2D eigenvalue weighted by molar-refractivity contribution is -0.176. The molecule has 0 bridgehead atoms. The van der Waals surface area contributed by atoms with Gasteiger partial charge in [0, 0.05) is 32.2 Å². The van der Waals surface area contributed by atoms with Gasteiger partial charge in [0.05, 0.1) is 5.60 Å². The predicted molar refractivity (Wildman–Crippen MR) is 87.3 cm³/mol. The summed E-state index contributed by atoms with van der Waals surface area (Å²) in [7, 11) is 3.51. The van der Waals surface area contributed by atoms with Gasteiger partial charge in [-0.1, -0.05) is 26.0 Å². The van der Waals surface area contributed by atoms with Crippen molar-refractivity contribution in [2.75, 3.05) is 14.2 Å². The number of nitrogens with zero attached hydrogens (tertiary/aromatic N) is 1. The molecule has 4 nitrogen and oxygen atoms in total. The molecule has 0 aliphatic heterocycles. The molecule has 0 heterocycles. The smallest absolute Gasteiger partial charge is 0.191 e. The van der Waals surface area contributed by atoms with Gasteiger partial charge in [0.2, 0.25) is 0 Å². The van der Waals surface area contributed by atoms with Crippen molar-refractivity contribution in [2.45, 2.75) is 45.4 Å². The number of nitrogens with one attached hydrogen (secondary N) is 2. The lowest BCUT2D eigenvalue weighted by Gasteiger charge is -2.59. The topological polar surface area (TPSA) is 45.7 Å². The van der Waals surface area contributed by atoms with Gasteiger partial charge in [-0.05, 0) is 31.0 Å². The van der Waals surface area contributed by atoms with Crippen molar-refractivity contribution in [1.29, 1.82) is 0 Å². The molecule has 1 fully saturated rings. The number of guanidine groups is 1. The minimum atomic E-state index is -0.221. The number of halogens is 1. The van der Waals surface area contributed by atoms with Crippen LogP contribution in [-0.4, -0.2) is 31.8 Å². The molecule has 0 spiro atoms. The van der Waals surface area contributed by atoms with Crippen molar-refractivity contribution >= 4 is 5.96 Å². The molecule has 22 heavy (non-hydrogen) atoms. The van der Waals surface area contributed by atoms with Gasteiger partial charge in [0.25, 0.3) is 0 Å². The van der Waals surface area contributed by atoms with Crippen molar-refractivity contribution < 1.29 is 9.13 Å². The van der Waals surface area contributed by atoms with Crippen LogP contribution in [0.3, 0.4) is 0 Å². The van der Waals surface area contributed by atoms with Crippen LogP contribution < -0.4 is 10.6 Å². The normalized spacial score (nSPS) is 27.2. The first-order valence-corrected chi connectivity index (χ1v) is 7.59. The Hall–Kier alpha value is -1.62.